The van der Waals surface area contributed by atoms with Gasteiger partial charge in [0.2, 0.25) is 0 Å². The van der Waals surface area contributed by atoms with Crippen molar-refractivity contribution in [3.63, 3.8) is 0 Å². The SMILES string of the molecule is O=C(NCc1ccc(C(=O)Nc2ccc(C3CCN(C(=O)c4cc5cc(-c6ccccc6)ccn5n4)CC3)cc2)cc1)OCc1ccccc1. The van der Waals surface area contributed by atoms with Crippen LogP contribution < -0.4 is 10.6 Å². The highest BCUT2D eigenvalue weighted by Crippen LogP contribution is 2.30. The van der Waals surface area contributed by atoms with Crippen LogP contribution >= 0.6 is 0 Å². The van der Waals surface area contributed by atoms with Crippen LogP contribution in [-0.2, 0) is 17.9 Å². The zero-order valence-corrected chi connectivity index (χ0v) is 27.5. The number of alkyl carbamates (subject to hydrolysis) is 1. The molecule has 0 aliphatic carbocycles. The van der Waals surface area contributed by atoms with Crippen LogP contribution in [0.25, 0.3) is 16.6 Å². The number of ether oxygens (including phenoxy) is 1. The van der Waals surface area contributed by atoms with E-state index in [1.165, 1.54) is 5.56 Å². The number of piperidine rings is 1. The summed E-state index contributed by atoms with van der Waals surface area (Å²) in [6, 6.07) is 40.6. The first kappa shape index (κ1) is 32.3. The number of nitrogens with zero attached hydrogens (tertiary/aromatic N) is 3. The van der Waals surface area contributed by atoms with Crippen molar-refractivity contribution in [3.8, 4) is 11.1 Å². The molecule has 1 aliphatic rings. The van der Waals surface area contributed by atoms with Crippen molar-refractivity contribution < 1.29 is 19.1 Å². The largest absolute Gasteiger partial charge is 0.445 e. The number of aromatic nitrogens is 2. The lowest BCUT2D eigenvalue weighted by atomic mass is 9.89. The molecule has 1 aliphatic heterocycles. The molecule has 250 valence electrons. The number of carbonyl (C=O) groups is 3. The number of rotatable bonds is 9. The number of likely N-dealkylation sites (tertiary alicyclic amines) is 1. The molecule has 7 rings (SSSR count). The lowest BCUT2D eigenvalue weighted by Gasteiger charge is -2.31. The van der Waals surface area contributed by atoms with Crippen LogP contribution in [0.15, 0.2) is 134 Å². The molecule has 6 aromatic rings. The third-order valence-electron chi connectivity index (χ3n) is 9.08. The molecule has 3 heterocycles. The first-order chi connectivity index (χ1) is 24.5. The third kappa shape index (κ3) is 7.73. The van der Waals surface area contributed by atoms with Gasteiger partial charge >= 0.3 is 6.09 Å². The third-order valence-corrected chi connectivity index (χ3v) is 9.08. The van der Waals surface area contributed by atoms with Crippen molar-refractivity contribution >= 4 is 29.1 Å². The molecule has 0 spiro atoms. The number of amides is 3. The first-order valence-corrected chi connectivity index (χ1v) is 16.8. The van der Waals surface area contributed by atoms with Crippen molar-refractivity contribution in [1.29, 1.82) is 0 Å². The quantitative estimate of drug-likeness (QED) is 0.165. The Labute approximate surface area is 290 Å². The van der Waals surface area contributed by atoms with Crippen molar-refractivity contribution in [2.75, 3.05) is 18.4 Å². The molecule has 2 N–H and O–H groups in total. The van der Waals surface area contributed by atoms with Gasteiger partial charge in [0.25, 0.3) is 11.8 Å². The van der Waals surface area contributed by atoms with E-state index in [0.29, 0.717) is 42.5 Å². The van der Waals surface area contributed by atoms with Gasteiger partial charge in [-0.1, -0.05) is 84.9 Å². The Balaban J connectivity index is 0.872. The molecule has 2 aromatic heterocycles. The van der Waals surface area contributed by atoms with Gasteiger partial charge in [0.15, 0.2) is 5.69 Å². The molecule has 0 bridgehead atoms. The lowest BCUT2D eigenvalue weighted by molar-refractivity contribution is 0.0706. The highest BCUT2D eigenvalue weighted by Gasteiger charge is 2.26. The van der Waals surface area contributed by atoms with Crippen molar-refractivity contribution in [2.24, 2.45) is 0 Å². The smallest absolute Gasteiger partial charge is 0.407 e. The minimum absolute atomic E-state index is 0.0443. The van der Waals surface area contributed by atoms with Crippen molar-refractivity contribution in [1.82, 2.24) is 19.8 Å². The second-order valence-electron chi connectivity index (χ2n) is 12.4. The first-order valence-electron chi connectivity index (χ1n) is 16.8. The van der Waals surface area contributed by atoms with Crippen LogP contribution in [0.3, 0.4) is 0 Å². The van der Waals surface area contributed by atoms with Crippen molar-refractivity contribution in [3.05, 3.63) is 162 Å². The number of anilines is 1. The Hall–Kier alpha value is -6.22. The van der Waals surface area contributed by atoms with Crippen molar-refractivity contribution in [2.45, 2.75) is 31.9 Å². The van der Waals surface area contributed by atoms with Gasteiger partial charge in [-0.05, 0) is 89.0 Å². The molecule has 0 saturated carbocycles. The zero-order chi connectivity index (χ0) is 34.3. The minimum Gasteiger partial charge on any atom is -0.445 e. The summed E-state index contributed by atoms with van der Waals surface area (Å²) in [4.78, 5) is 40.2. The molecular weight excluding hydrogens is 626 g/mol. The summed E-state index contributed by atoms with van der Waals surface area (Å²) in [6.45, 7) is 1.81. The van der Waals surface area contributed by atoms with E-state index in [-0.39, 0.29) is 18.4 Å². The van der Waals surface area contributed by atoms with E-state index >= 15 is 0 Å². The fraction of sp³-hybridized carbons (Fsp3) is 0.171. The Morgan fingerprint density at radius 3 is 2.16 bits per heavy atom. The van der Waals surface area contributed by atoms with Crippen LogP contribution in [0.5, 0.6) is 0 Å². The molecule has 0 unspecified atom stereocenters. The lowest BCUT2D eigenvalue weighted by Crippen LogP contribution is -2.38. The fourth-order valence-corrected chi connectivity index (χ4v) is 6.25. The van der Waals surface area contributed by atoms with E-state index in [0.717, 1.165) is 40.6 Å². The molecule has 1 fully saturated rings. The highest BCUT2D eigenvalue weighted by molar-refractivity contribution is 6.04. The van der Waals surface area contributed by atoms with E-state index in [1.54, 1.807) is 16.6 Å². The molecule has 50 heavy (non-hydrogen) atoms. The summed E-state index contributed by atoms with van der Waals surface area (Å²) in [6.07, 6.45) is 3.11. The molecule has 0 radical (unpaired) electrons. The maximum atomic E-state index is 13.4. The summed E-state index contributed by atoms with van der Waals surface area (Å²) >= 11 is 0. The van der Waals surface area contributed by atoms with Crippen LogP contribution in [0.4, 0.5) is 10.5 Å². The van der Waals surface area contributed by atoms with Gasteiger partial charge in [0, 0.05) is 37.1 Å². The number of carbonyl (C=O) groups excluding carboxylic acids is 3. The Kier molecular flexibility index (Phi) is 9.64. The average molecular weight is 664 g/mol. The van der Waals surface area contributed by atoms with Gasteiger partial charge in [-0.15, -0.1) is 0 Å². The average Bonchev–Trinajstić information content (AvgIpc) is 3.61. The number of benzene rings is 4. The highest BCUT2D eigenvalue weighted by atomic mass is 16.5. The normalized spacial score (nSPS) is 13.2. The Bertz CT molecular complexity index is 2090. The maximum Gasteiger partial charge on any atom is 0.407 e. The molecule has 9 nitrogen and oxygen atoms in total. The van der Waals surface area contributed by atoms with E-state index in [9.17, 15) is 14.4 Å². The zero-order valence-electron chi connectivity index (χ0n) is 27.5. The van der Waals surface area contributed by atoms with Gasteiger partial charge < -0.3 is 20.3 Å². The van der Waals surface area contributed by atoms with Crippen LogP contribution in [0, 0.1) is 0 Å². The molecule has 3 amide bonds. The number of nitrogens with one attached hydrogen (secondary N) is 2. The summed E-state index contributed by atoms with van der Waals surface area (Å²) in [5.74, 6) is 0.0711. The topological polar surface area (TPSA) is 105 Å². The van der Waals surface area contributed by atoms with E-state index in [2.05, 4.69) is 46.1 Å². The van der Waals surface area contributed by atoms with Gasteiger partial charge in [0.1, 0.15) is 6.61 Å². The van der Waals surface area contributed by atoms with Crippen LogP contribution in [-0.4, -0.2) is 45.5 Å². The van der Waals surface area contributed by atoms with Gasteiger partial charge in [0.05, 0.1) is 5.52 Å². The van der Waals surface area contributed by atoms with Gasteiger partial charge in [-0.25, -0.2) is 9.31 Å². The summed E-state index contributed by atoms with van der Waals surface area (Å²) < 4.78 is 7.01. The molecule has 9 heteroatoms. The predicted molar refractivity (Wildman–Crippen MR) is 193 cm³/mol. The number of pyridine rings is 1. The monoisotopic (exact) mass is 663 g/mol. The summed E-state index contributed by atoms with van der Waals surface area (Å²) in [5.41, 5.74) is 7.74. The maximum absolute atomic E-state index is 13.4. The predicted octanol–water partition coefficient (Wildman–Crippen LogP) is 7.70. The standard InChI is InChI=1S/C41H37N5O4/c47-39(34-13-11-29(12-14-34)27-42-41(49)50-28-30-7-3-1-4-8-30)43-36-17-15-32(16-18-36)33-19-22-45(23-20-33)40(48)38-26-37-25-35(21-24-46(37)44-38)31-9-5-2-6-10-31/h1-18,21,24-26,33H,19-20,22-23,27-28H2,(H,42,49)(H,43,47). The fourth-order valence-electron chi connectivity index (χ4n) is 6.25. The second-order valence-corrected chi connectivity index (χ2v) is 12.4. The molecular formula is C41H37N5O4. The number of hydrogen-bond donors (Lipinski definition) is 2. The van der Waals surface area contributed by atoms with E-state index < -0.39 is 6.09 Å². The Morgan fingerprint density at radius 2 is 1.44 bits per heavy atom. The van der Waals surface area contributed by atoms with Crippen LogP contribution in [0.1, 0.15) is 56.3 Å². The van der Waals surface area contributed by atoms with E-state index in [1.807, 2.05) is 96.0 Å². The molecule has 1 saturated heterocycles. The van der Waals surface area contributed by atoms with E-state index in [4.69, 9.17) is 4.74 Å². The molecule has 4 aromatic carbocycles. The Morgan fingerprint density at radius 1 is 0.740 bits per heavy atom. The van der Waals surface area contributed by atoms with Gasteiger partial charge in [-0.3, -0.25) is 9.59 Å². The van der Waals surface area contributed by atoms with Crippen LogP contribution in [0.2, 0.25) is 0 Å². The summed E-state index contributed by atoms with van der Waals surface area (Å²) in [7, 11) is 0. The summed E-state index contributed by atoms with van der Waals surface area (Å²) in [5, 5.41) is 10.3. The number of fused-ring (bicyclic) bond motifs is 1. The minimum atomic E-state index is -0.501. The van der Waals surface area contributed by atoms with Gasteiger partial charge in [-0.2, -0.15) is 5.10 Å². The molecule has 0 atom stereocenters. The second kappa shape index (κ2) is 14.9. The number of hydrogen-bond acceptors (Lipinski definition) is 5.